The zero-order chi connectivity index (χ0) is 21.1. The van der Waals surface area contributed by atoms with Gasteiger partial charge in [-0.2, -0.15) is 9.40 Å². The number of sulfonamides is 1. The molecule has 30 heavy (non-hydrogen) atoms. The van der Waals surface area contributed by atoms with Crippen molar-refractivity contribution in [2.45, 2.75) is 31.6 Å². The van der Waals surface area contributed by atoms with Crippen molar-refractivity contribution < 1.29 is 13.2 Å². The van der Waals surface area contributed by atoms with E-state index in [4.69, 9.17) is 0 Å². The van der Waals surface area contributed by atoms with Crippen LogP contribution in [0.3, 0.4) is 0 Å². The summed E-state index contributed by atoms with van der Waals surface area (Å²) in [6.07, 6.45) is 4.14. The molecule has 1 unspecified atom stereocenters. The summed E-state index contributed by atoms with van der Waals surface area (Å²) in [6.45, 7) is 4.27. The van der Waals surface area contributed by atoms with Crippen LogP contribution in [0.25, 0.3) is 0 Å². The lowest BCUT2D eigenvalue weighted by Crippen LogP contribution is -2.50. The molecule has 1 saturated carbocycles. The predicted molar refractivity (Wildman–Crippen MR) is 115 cm³/mol. The normalized spacial score (nSPS) is 19.5. The summed E-state index contributed by atoms with van der Waals surface area (Å²) in [4.78, 5) is 14.5. The molecule has 0 bridgehead atoms. The highest BCUT2D eigenvalue weighted by atomic mass is 32.2. The lowest BCUT2D eigenvalue weighted by Gasteiger charge is -2.33. The third kappa shape index (κ3) is 5.08. The maximum Gasteiger partial charge on any atom is 0.239 e. The highest BCUT2D eigenvalue weighted by Crippen LogP contribution is 2.40. The molecule has 2 fully saturated rings. The van der Waals surface area contributed by atoms with E-state index in [1.165, 1.54) is 17.1 Å². The van der Waals surface area contributed by atoms with Crippen LogP contribution in [-0.2, 0) is 20.6 Å². The summed E-state index contributed by atoms with van der Waals surface area (Å²) >= 11 is 0. The zero-order valence-corrected chi connectivity index (χ0v) is 18.1. The van der Waals surface area contributed by atoms with Gasteiger partial charge in [-0.1, -0.05) is 30.3 Å². The minimum Gasteiger partial charge on any atom is -0.310 e. The third-order valence-electron chi connectivity index (χ3n) is 5.91. The molecule has 4 rings (SSSR count). The summed E-state index contributed by atoms with van der Waals surface area (Å²) < 4.78 is 28.8. The van der Waals surface area contributed by atoms with E-state index in [-0.39, 0.29) is 24.2 Å². The average molecular weight is 432 g/mol. The molecule has 0 spiro atoms. The lowest BCUT2D eigenvalue weighted by molar-refractivity contribution is -0.117. The van der Waals surface area contributed by atoms with Crippen LogP contribution in [0.5, 0.6) is 0 Å². The van der Waals surface area contributed by atoms with Gasteiger partial charge < -0.3 is 5.32 Å². The first-order valence-electron chi connectivity index (χ1n) is 10.5. The van der Waals surface area contributed by atoms with Gasteiger partial charge in [0.25, 0.3) is 0 Å². The molecular formula is C21H29N5O3S. The van der Waals surface area contributed by atoms with E-state index in [2.05, 4.69) is 17.3 Å². The second kappa shape index (κ2) is 8.87. The van der Waals surface area contributed by atoms with Crippen molar-refractivity contribution in [1.82, 2.24) is 19.0 Å². The van der Waals surface area contributed by atoms with Crippen LogP contribution >= 0.6 is 0 Å². The van der Waals surface area contributed by atoms with Crippen LogP contribution in [0.1, 0.15) is 31.4 Å². The maximum atomic E-state index is 12.7. The Labute approximate surface area is 177 Å². The van der Waals surface area contributed by atoms with Gasteiger partial charge in [-0.3, -0.25) is 9.69 Å². The summed E-state index contributed by atoms with van der Waals surface area (Å²) in [5, 5.41) is 7.33. The summed E-state index contributed by atoms with van der Waals surface area (Å²) in [7, 11) is -3.35. The first-order valence-corrected chi connectivity index (χ1v) is 12.1. The number of anilines is 1. The molecule has 2 heterocycles. The van der Waals surface area contributed by atoms with Gasteiger partial charge in [0.1, 0.15) is 5.82 Å². The smallest absolute Gasteiger partial charge is 0.239 e. The number of hydrogen-bond acceptors (Lipinski definition) is 5. The van der Waals surface area contributed by atoms with Gasteiger partial charge in [0.05, 0.1) is 24.5 Å². The fraction of sp³-hybridized carbons (Fsp3) is 0.524. The molecule has 1 saturated heterocycles. The zero-order valence-electron chi connectivity index (χ0n) is 17.3. The van der Waals surface area contributed by atoms with E-state index in [1.54, 1.807) is 6.20 Å². The number of piperazine rings is 1. The highest BCUT2D eigenvalue weighted by Gasteiger charge is 2.31. The minimum atomic E-state index is -3.35. The molecule has 9 heteroatoms. The van der Waals surface area contributed by atoms with Crippen molar-refractivity contribution in [1.29, 1.82) is 0 Å². The summed E-state index contributed by atoms with van der Waals surface area (Å²) in [6, 6.07) is 11.3. The first-order chi connectivity index (χ1) is 14.4. The molecule has 1 atom stereocenters. The Hall–Kier alpha value is -2.23. The number of nitrogens with one attached hydrogen (secondary N) is 1. The van der Waals surface area contributed by atoms with Gasteiger partial charge in [-0.15, -0.1) is 0 Å². The molecule has 1 aliphatic heterocycles. The number of hydrogen-bond donors (Lipinski definition) is 1. The van der Waals surface area contributed by atoms with Crippen molar-refractivity contribution in [2.75, 3.05) is 38.0 Å². The second-order valence-electron chi connectivity index (χ2n) is 8.20. The fourth-order valence-corrected chi connectivity index (χ4v) is 5.46. The van der Waals surface area contributed by atoms with E-state index in [0.29, 0.717) is 32.1 Å². The van der Waals surface area contributed by atoms with E-state index in [1.807, 2.05) is 46.0 Å². The Kier molecular flexibility index (Phi) is 6.21. The quantitative estimate of drug-likeness (QED) is 0.690. The lowest BCUT2D eigenvalue weighted by atomic mass is 10.2. The van der Waals surface area contributed by atoms with Crippen LogP contribution in [0.2, 0.25) is 0 Å². The summed E-state index contributed by atoms with van der Waals surface area (Å²) in [5.41, 5.74) is 0.788. The summed E-state index contributed by atoms with van der Waals surface area (Å²) in [5.74, 6) is 1.28. The molecule has 1 amide bonds. The molecule has 1 aromatic carbocycles. The standard InChI is InChI=1S/C21H29N5O3S/c1-17(19-7-8-19)26-20(9-10-22-26)23-21(27)15-24-11-13-25(14-12-24)30(28,29)16-18-5-3-2-4-6-18/h2-6,9-10,17,19H,7-8,11-16H2,1H3,(H,23,27). The SMILES string of the molecule is CC(C1CC1)n1nccc1NC(=O)CN1CCN(S(=O)(=O)Cc2ccccc2)CC1. The van der Waals surface area contributed by atoms with Crippen molar-refractivity contribution in [3.8, 4) is 0 Å². The minimum absolute atomic E-state index is 0.0114. The number of carbonyl (C=O) groups excluding carboxylic acids is 1. The molecule has 162 valence electrons. The Bertz CT molecular complexity index is 964. The Balaban J connectivity index is 1.27. The van der Waals surface area contributed by atoms with Crippen molar-refractivity contribution in [3.05, 3.63) is 48.2 Å². The van der Waals surface area contributed by atoms with Crippen molar-refractivity contribution >= 4 is 21.7 Å². The number of rotatable bonds is 8. The molecular weight excluding hydrogens is 402 g/mol. The molecule has 1 N–H and O–H groups in total. The largest absolute Gasteiger partial charge is 0.310 e. The predicted octanol–water partition coefficient (Wildman–Crippen LogP) is 1.94. The molecule has 1 aliphatic carbocycles. The Morgan fingerprint density at radius 2 is 1.83 bits per heavy atom. The van der Waals surface area contributed by atoms with E-state index in [9.17, 15) is 13.2 Å². The monoisotopic (exact) mass is 431 g/mol. The number of nitrogens with zero attached hydrogens (tertiary/aromatic N) is 4. The van der Waals surface area contributed by atoms with Crippen molar-refractivity contribution in [2.24, 2.45) is 5.92 Å². The van der Waals surface area contributed by atoms with Gasteiger partial charge in [0.15, 0.2) is 0 Å². The van der Waals surface area contributed by atoms with E-state index < -0.39 is 10.0 Å². The van der Waals surface area contributed by atoms with Gasteiger partial charge >= 0.3 is 0 Å². The molecule has 1 aromatic heterocycles. The van der Waals surface area contributed by atoms with Crippen molar-refractivity contribution in [3.63, 3.8) is 0 Å². The average Bonchev–Trinajstić information content (AvgIpc) is 3.48. The van der Waals surface area contributed by atoms with Crippen LogP contribution < -0.4 is 5.32 Å². The van der Waals surface area contributed by atoms with E-state index in [0.717, 1.165) is 11.4 Å². The maximum absolute atomic E-state index is 12.7. The highest BCUT2D eigenvalue weighted by molar-refractivity contribution is 7.88. The van der Waals surface area contributed by atoms with Crippen LogP contribution in [0.4, 0.5) is 5.82 Å². The van der Waals surface area contributed by atoms with Crippen LogP contribution in [0.15, 0.2) is 42.6 Å². The number of aromatic nitrogens is 2. The van der Waals surface area contributed by atoms with Gasteiger partial charge in [0, 0.05) is 32.2 Å². The fourth-order valence-electron chi connectivity index (χ4n) is 3.94. The molecule has 2 aliphatic rings. The molecule has 2 aromatic rings. The number of amides is 1. The Morgan fingerprint density at radius 3 is 2.50 bits per heavy atom. The van der Waals surface area contributed by atoms with Gasteiger partial charge in [-0.05, 0) is 31.2 Å². The van der Waals surface area contributed by atoms with E-state index >= 15 is 0 Å². The Morgan fingerprint density at radius 1 is 1.13 bits per heavy atom. The second-order valence-corrected chi connectivity index (χ2v) is 10.2. The third-order valence-corrected chi connectivity index (χ3v) is 7.76. The van der Waals surface area contributed by atoms with Gasteiger partial charge in [0.2, 0.25) is 15.9 Å². The number of carbonyl (C=O) groups is 1. The van der Waals surface area contributed by atoms with Crippen LogP contribution in [0, 0.1) is 5.92 Å². The molecule has 8 nitrogen and oxygen atoms in total. The van der Waals surface area contributed by atoms with Crippen LogP contribution in [-0.4, -0.2) is 66.0 Å². The first kappa shape index (κ1) is 21.0. The number of benzene rings is 1. The van der Waals surface area contributed by atoms with Gasteiger partial charge in [-0.25, -0.2) is 13.1 Å². The topological polar surface area (TPSA) is 87.5 Å². The molecule has 0 radical (unpaired) electrons.